The fourth-order valence-electron chi connectivity index (χ4n) is 1.49. The average molecular weight is 366 g/mol. The van der Waals surface area contributed by atoms with Gasteiger partial charge in [-0.3, -0.25) is 20.4 Å². The van der Waals surface area contributed by atoms with Crippen molar-refractivity contribution in [2.45, 2.75) is 0 Å². The molecular formula is C14H11IN2O2. The molecule has 0 saturated carbocycles. The van der Waals surface area contributed by atoms with Crippen LogP contribution in [0.3, 0.4) is 0 Å². The monoisotopic (exact) mass is 366 g/mol. The third-order valence-corrected chi connectivity index (χ3v) is 3.38. The minimum atomic E-state index is -0.347. The van der Waals surface area contributed by atoms with Crippen LogP contribution in [0.25, 0.3) is 0 Å². The summed E-state index contributed by atoms with van der Waals surface area (Å²) in [6.07, 6.45) is 0. The number of nitrogens with one attached hydrogen (secondary N) is 2. The van der Waals surface area contributed by atoms with Gasteiger partial charge >= 0.3 is 0 Å². The van der Waals surface area contributed by atoms with E-state index in [1.54, 1.807) is 36.4 Å². The predicted octanol–water partition coefficient (Wildman–Crippen LogP) is 2.37. The van der Waals surface area contributed by atoms with Crippen LogP contribution in [0.5, 0.6) is 0 Å². The molecule has 4 nitrogen and oxygen atoms in total. The molecule has 0 heterocycles. The van der Waals surface area contributed by atoms with Gasteiger partial charge in [0.15, 0.2) is 0 Å². The van der Waals surface area contributed by atoms with Crippen LogP contribution in [-0.2, 0) is 0 Å². The highest BCUT2D eigenvalue weighted by Crippen LogP contribution is 2.10. The first-order valence-electron chi connectivity index (χ1n) is 5.59. The number of benzene rings is 2. The Bertz CT molecular complexity index is 599. The van der Waals surface area contributed by atoms with Crippen LogP contribution in [0, 0.1) is 3.57 Å². The first-order chi connectivity index (χ1) is 9.18. The lowest BCUT2D eigenvalue weighted by Crippen LogP contribution is -2.41. The van der Waals surface area contributed by atoms with Crippen molar-refractivity contribution in [3.05, 3.63) is 69.3 Å². The molecular weight excluding hydrogens is 355 g/mol. The Morgan fingerprint density at radius 3 is 2.05 bits per heavy atom. The molecule has 0 aliphatic heterocycles. The van der Waals surface area contributed by atoms with Crippen molar-refractivity contribution in [2.75, 3.05) is 0 Å². The molecule has 0 spiro atoms. The lowest BCUT2D eigenvalue weighted by atomic mass is 10.2. The van der Waals surface area contributed by atoms with Crippen LogP contribution >= 0.6 is 22.6 Å². The normalized spacial score (nSPS) is 9.74. The number of hydrogen-bond donors (Lipinski definition) is 2. The van der Waals surface area contributed by atoms with Gasteiger partial charge in [0.2, 0.25) is 0 Å². The van der Waals surface area contributed by atoms with Crippen molar-refractivity contribution in [1.82, 2.24) is 10.9 Å². The largest absolute Gasteiger partial charge is 0.270 e. The Balaban J connectivity index is 1.98. The maximum absolute atomic E-state index is 11.9. The summed E-state index contributed by atoms with van der Waals surface area (Å²) in [6.45, 7) is 0. The number of halogens is 1. The molecule has 0 aliphatic rings. The van der Waals surface area contributed by atoms with Gasteiger partial charge in [-0.2, -0.15) is 0 Å². The van der Waals surface area contributed by atoms with Gasteiger partial charge in [-0.05, 0) is 46.9 Å². The number of carbonyl (C=O) groups excluding carboxylic acids is 2. The topological polar surface area (TPSA) is 58.2 Å². The van der Waals surface area contributed by atoms with Gasteiger partial charge in [0.1, 0.15) is 0 Å². The minimum Gasteiger partial charge on any atom is -0.267 e. The smallest absolute Gasteiger partial charge is 0.267 e. The molecule has 0 aliphatic carbocycles. The van der Waals surface area contributed by atoms with Crippen LogP contribution in [-0.4, -0.2) is 11.8 Å². The Labute approximate surface area is 124 Å². The second-order valence-electron chi connectivity index (χ2n) is 3.75. The van der Waals surface area contributed by atoms with Crippen molar-refractivity contribution in [3.8, 4) is 0 Å². The van der Waals surface area contributed by atoms with Crippen LogP contribution in [0.1, 0.15) is 20.7 Å². The van der Waals surface area contributed by atoms with E-state index in [0.717, 1.165) is 3.57 Å². The Morgan fingerprint density at radius 2 is 1.37 bits per heavy atom. The van der Waals surface area contributed by atoms with E-state index in [-0.39, 0.29) is 11.8 Å². The summed E-state index contributed by atoms with van der Waals surface area (Å²) in [5, 5.41) is 0. The summed E-state index contributed by atoms with van der Waals surface area (Å²) < 4.78 is 0.826. The average Bonchev–Trinajstić information content (AvgIpc) is 2.46. The summed E-state index contributed by atoms with van der Waals surface area (Å²) >= 11 is 2.07. The van der Waals surface area contributed by atoms with E-state index in [2.05, 4.69) is 33.4 Å². The van der Waals surface area contributed by atoms with E-state index in [0.29, 0.717) is 11.1 Å². The molecule has 2 N–H and O–H groups in total. The molecule has 0 fully saturated rings. The third kappa shape index (κ3) is 3.54. The molecule has 2 aromatic rings. The van der Waals surface area contributed by atoms with Gasteiger partial charge < -0.3 is 0 Å². The molecule has 2 amide bonds. The van der Waals surface area contributed by atoms with Crippen LogP contribution in [0.2, 0.25) is 0 Å². The number of amides is 2. The first-order valence-corrected chi connectivity index (χ1v) is 6.66. The standard InChI is InChI=1S/C14H11IN2O2/c15-12-9-5-4-8-11(12)14(19)17-16-13(18)10-6-2-1-3-7-10/h1-9H,(H,16,18)(H,17,19). The summed E-state index contributed by atoms with van der Waals surface area (Å²) in [6, 6.07) is 15.8. The molecule has 2 rings (SSSR count). The summed E-state index contributed by atoms with van der Waals surface area (Å²) in [5.41, 5.74) is 5.79. The second kappa shape index (κ2) is 6.33. The maximum atomic E-state index is 11.9. The number of hydrogen-bond acceptors (Lipinski definition) is 2. The summed E-state index contributed by atoms with van der Waals surface area (Å²) in [4.78, 5) is 23.6. The quantitative estimate of drug-likeness (QED) is 0.634. The lowest BCUT2D eigenvalue weighted by Gasteiger charge is -2.08. The molecule has 0 bridgehead atoms. The van der Waals surface area contributed by atoms with Crippen molar-refractivity contribution < 1.29 is 9.59 Å². The first kappa shape index (κ1) is 13.5. The fourth-order valence-corrected chi connectivity index (χ4v) is 2.12. The zero-order valence-electron chi connectivity index (χ0n) is 9.89. The van der Waals surface area contributed by atoms with Gasteiger partial charge in [-0.15, -0.1) is 0 Å². The van der Waals surface area contributed by atoms with E-state index < -0.39 is 0 Å². The van der Waals surface area contributed by atoms with E-state index >= 15 is 0 Å². The predicted molar refractivity (Wildman–Crippen MR) is 80.5 cm³/mol. The molecule has 5 heteroatoms. The third-order valence-electron chi connectivity index (χ3n) is 2.44. The highest BCUT2D eigenvalue weighted by molar-refractivity contribution is 14.1. The maximum Gasteiger partial charge on any atom is 0.270 e. The Hall–Kier alpha value is -1.89. The number of rotatable bonds is 2. The van der Waals surface area contributed by atoms with E-state index in [9.17, 15) is 9.59 Å². The number of carbonyl (C=O) groups is 2. The van der Waals surface area contributed by atoms with Gasteiger partial charge in [0.05, 0.1) is 5.56 Å². The van der Waals surface area contributed by atoms with Gasteiger partial charge in [-0.1, -0.05) is 30.3 Å². The summed E-state index contributed by atoms with van der Waals surface area (Å²) in [5.74, 6) is -0.686. The van der Waals surface area contributed by atoms with Gasteiger partial charge in [0.25, 0.3) is 11.8 Å². The van der Waals surface area contributed by atoms with Gasteiger partial charge in [-0.25, -0.2) is 0 Å². The van der Waals surface area contributed by atoms with Crippen molar-refractivity contribution in [3.63, 3.8) is 0 Å². The molecule has 96 valence electrons. The summed E-state index contributed by atoms with van der Waals surface area (Å²) in [7, 11) is 0. The van der Waals surface area contributed by atoms with E-state index in [1.165, 1.54) is 0 Å². The number of hydrazine groups is 1. The molecule has 0 atom stereocenters. The van der Waals surface area contributed by atoms with Crippen molar-refractivity contribution >= 4 is 34.4 Å². The Morgan fingerprint density at radius 1 is 0.789 bits per heavy atom. The van der Waals surface area contributed by atoms with E-state index in [4.69, 9.17) is 0 Å². The molecule has 0 saturated heterocycles. The van der Waals surface area contributed by atoms with Crippen LogP contribution in [0.4, 0.5) is 0 Å². The van der Waals surface area contributed by atoms with Crippen LogP contribution in [0.15, 0.2) is 54.6 Å². The van der Waals surface area contributed by atoms with Gasteiger partial charge in [0, 0.05) is 9.13 Å². The molecule has 0 radical (unpaired) electrons. The van der Waals surface area contributed by atoms with E-state index in [1.807, 2.05) is 18.2 Å². The lowest BCUT2D eigenvalue weighted by molar-refractivity contribution is 0.0846. The zero-order valence-corrected chi connectivity index (χ0v) is 12.0. The zero-order chi connectivity index (χ0) is 13.7. The minimum absolute atomic E-state index is 0.339. The highest BCUT2D eigenvalue weighted by Gasteiger charge is 2.10. The Kier molecular flexibility index (Phi) is 4.51. The molecule has 2 aromatic carbocycles. The molecule has 0 unspecified atom stereocenters. The second-order valence-corrected chi connectivity index (χ2v) is 4.92. The highest BCUT2D eigenvalue weighted by atomic mass is 127. The molecule has 19 heavy (non-hydrogen) atoms. The fraction of sp³-hybridized carbons (Fsp3) is 0. The van der Waals surface area contributed by atoms with Crippen molar-refractivity contribution in [1.29, 1.82) is 0 Å². The SMILES string of the molecule is O=C(NNC(=O)c1ccccc1I)c1ccccc1. The molecule has 0 aromatic heterocycles. The van der Waals surface area contributed by atoms with Crippen LogP contribution < -0.4 is 10.9 Å². The van der Waals surface area contributed by atoms with Crippen molar-refractivity contribution in [2.24, 2.45) is 0 Å².